The van der Waals surface area contributed by atoms with Crippen molar-refractivity contribution in [2.24, 2.45) is 0 Å². The number of para-hydroxylation sites is 1. The summed E-state index contributed by atoms with van der Waals surface area (Å²) in [5, 5.41) is 16.6. The summed E-state index contributed by atoms with van der Waals surface area (Å²) < 4.78 is 8.05. The SMILES string of the molecule is Cc1n[nH]c(C)c1CCCn1cnc(-c2ccccc2)c1-c1ccccc1OCCO. The van der Waals surface area contributed by atoms with Crippen LogP contribution in [0.15, 0.2) is 60.9 Å². The van der Waals surface area contributed by atoms with E-state index in [-0.39, 0.29) is 13.2 Å². The predicted molar refractivity (Wildman–Crippen MR) is 122 cm³/mol. The van der Waals surface area contributed by atoms with Crippen molar-refractivity contribution in [3.8, 4) is 28.3 Å². The van der Waals surface area contributed by atoms with Gasteiger partial charge in [-0.2, -0.15) is 5.10 Å². The Kier molecular flexibility index (Phi) is 6.48. The zero-order valence-electron chi connectivity index (χ0n) is 18.0. The fraction of sp³-hybridized carbons (Fsp3) is 0.280. The highest BCUT2D eigenvalue weighted by Gasteiger charge is 2.18. The quantitative estimate of drug-likeness (QED) is 0.419. The number of H-pyrrole nitrogens is 1. The summed E-state index contributed by atoms with van der Waals surface area (Å²) in [4.78, 5) is 4.77. The minimum absolute atomic E-state index is 0.0253. The molecule has 0 aliphatic heterocycles. The Balaban J connectivity index is 1.69. The summed E-state index contributed by atoms with van der Waals surface area (Å²) in [6, 6.07) is 18.2. The van der Waals surface area contributed by atoms with Crippen LogP contribution < -0.4 is 4.74 Å². The third-order valence-electron chi connectivity index (χ3n) is 5.48. The van der Waals surface area contributed by atoms with Crippen molar-refractivity contribution in [3.05, 3.63) is 77.9 Å². The first-order valence-electron chi connectivity index (χ1n) is 10.6. The van der Waals surface area contributed by atoms with Gasteiger partial charge >= 0.3 is 0 Å². The number of ether oxygens (including phenoxy) is 1. The van der Waals surface area contributed by atoms with Crippen LogP contribution in [0.4, 0.5) is 0 Å². The van der Waals surface area contributed by atoms with Gasteiger partial charge in [-0.3, -0.25) is 5.10 Å². The predicted octanol–water partition coefficient (Wildman–Crippen LogP) is 4.56. The molecule has 0 bridgehead atoms. The Hall–Kier alpha value is -3.38. The summed E-state index contributed by atoms with van der Waals surface area (Å²) in [5.41, 5.74) is 7.48. The number of hydrogen-bond acceptors (Lipinski definition) is 4. The zero-order chi connectivity index (χ0) is 21.6. The number of benzene rings is 2. The molecule has 0 unspecified atom stereocenters. The van der Waals surface area contributed by atoms with Crippen LogP contribution in [0.5, 0.6) is 5.75 Å². The first kappa shape index (κ1) is 20.9. The van der Waals surface area contributed by atoms with E-state index in [0.29, 0.717) is 0 Å². The van der Waals surface area contributed by atoms with Gasteiger partial charge in [-0.15, -0.1) is 0 Å². The smallest absolute Gasteiger partial charge is 0.128 e. The molecular formula is C25H28N4O2. The monoisotopic (exact) mass is 416 g/mol. The Bertz CT molecular complexity index is 1110. The fourth-order valence-electron chi connectivity index (χ4n) is 3.95. The third kappa shape index (κ3) is 4.54. The highest BCUT2D eigenvalue weighted by Crippen LogP contribution is 2.37. The van der Waals surface area contributed by atoms with Crippen LogP contribution in [0.2, 0.25) is 0 Å². The van der Waals surface area contributed by atoms with Crippen molar-refractivity contribution in [1.29, 1.82) is 0 Å². The summed E-state index contributed by atoms with van der Waals surface area (Å²) in [5.74, 6) is 0.747. The van der Waals surface area contributed by atoms with Gasteiger partial charge in [0.2, 0.25) is 0 Å². The first-order valence-corrected chi connectivity index (χ1v) is 10.6. The zero-order valence-corrected chi connectivity index (χ0v) is 18.0. The van der Waals surface area contributed by atoms with E-state index >= 15 is 0 Å². The standard InChI is InChI=1S/C25H28N4O2/c1-18-21(19(2)28-27-18)12-8-14-29-17-26-24(20-9-4-3-5-10-20)25(29)22-11-6-7-13-23(22)31-16-15-30/h3-7,9-11,13,17,30H,8,12,14-16H2,1-2H3,(H,27,28). The lowest BCUT2D eigenvalue weighted by Gasteiger charge is -2.15. The molecule has 0 saturated heterocycles. The molecule has 0 amide bonds. The largest absolute Gasteiger partial charge is 0.490 e. The van der Waals surface area contributed by atoms with Crippen molar-refractivity contribution >= 4 is 0 Å². The lowest BCUT2D eigenvalue weighted by Crippen LogP contribution is -2.05. The van der Waals surface area contributed by atoms with Gasteiger partial charge in [0.25, 0.3) is 0 Å². The van der Waals surface area contributed by atoms with E-state index in [1.807, 2.05) is 49.6 Å². The summed E-state index contributed by atoms with van der Waals surface area (Å²) in [6.07, 6.45) is 3.84. The van der Waals surface area contributed by atoms with Crippen molar-refractivity contribution in [2.75, 3.05) is 13.2 Å². The average molecular weight is 417 g/mol. The maximum atomic E-state index is 9.24. The van der Waals surface area contributed by atoms with Crippen LogP contribution in [0.25, 0.3) is 22.5 Å². The molecule has 0 atom stereocenters. The van der Waals surface area contributed by atoms with E-state index in [1.54, 1.807) is 0 Å². The van der Waals surface area contributed by atoms with E-state index in [4.69, 9.17) is 9.72 Å². The summed E-state index contributed by atoms with van der Waals surface area (Å²) >= 11 is 0. The summed E-state index contributed by atoms with van der Waals surface area (Å²) in [7, 11) is 0. The number of nitrogens with zero attached hydrogens (tertiary/aromatic N) is 3. The molecule has 4 rings (SSSR count). The maximum Gasteiger partial charge on any atom is 0.128 e. The molecule has 0 aliphatic rings. The Labute approximate surface area is 182 Å². The number of nitrogens with one attached hydrogen (secondary N) is 1. The molecule has 31 heavy (non-hydrogen) atoms. The number of aromatic amines is 1. The average Bonchev–Trinajstić information content (AvgIpc) is 3.36. The van der Waals surface area contributed by atoms with Crippen LogP contribution in [0, 0.1) is 13.8 Å². The number of aromatic nitrogens is 4. The van der Waals surface area contributed by atoms with E-state index < -0.39 is 0 Å². The lowest BCUT2D eigenvalue weighted by atomic mass is 10.0. The molecule has 0 aliphatic carbocycles. The van der Waals surface area contributed by atoms with E-state index in [0.717, 1.165) is 59.0 Å². The molecule has 0 saturated carbocycles. The number of aliphatic hydroxyl groups is 1. The Morgan fingerprint density at radius 3 is 2.55 bits per heavy atom. The van der Waals surface area contributed by atoms with Crippen LogP contribution >= 0.6 is 0 Å². The van der Waals surface area contributed by atoms with Crippen molar-refractivity contribution < 1.29 is 9.84 Å². The molecule has 160 valence electrons. The van der Waals surface area contributed by atoms with E-state index in [2.05, 4.69) is 39.9 Å². The van der Waals surface area contributed by atoms with Crippen molar-refractivity contribution in [1.82, 2.24) is 19.7 Å². The van der Waals surface area contributed by atoms with Gasteiger partial charge < -0.3 is 14.4 Å². The molecular weight excluding hydrogens is 388 g/mol. The molecule has 4 aromatic rings. The number of rotatable bonds is 9. The van der Waals surface area contributed by atoms with Crippen LogP contribution in [0.1, 0.15) is 23.4 Å². The molecule has 0 fully saturated rings. The van der Waals surface area contributed by atoms with Crippen molar-refractivity contribution in [2.45, 2.75) is 33.2 Å². The fourth-order valence-corrected chi connectivity index (χ4v) is 3.95. The molecule has 2 heterocycles. The lowest BCUT2D eigenvalue weighted by molar-refractivity contribution is 0.202. The molecule has 2 aromatic heterocycles. The van der Waals surface area contributed by atoms with Crippen LogP contribution in [0.3, 0.4) is 0 Å². The topological polar surface area (TPSA) is 76.0 Å². The highest BCUT2D eigenvalue weighted by molar-refractivity contribution is 5.81. The normalized spacial score (nSPS) is 11.1. The van der Waals surface area contributed by atoms with Gasteiger partial charge in [0, 0.05) is 23.4 Å². The van der Waals surface area contributed by atoms with Gasteiger partial charge in [-0.25, -0.2) is 4.98 Å². The third-order valence-corrected chi connectivity index (χ3v) is 5.48. The minimum Gasteiger partial charge on any atom is -0.490 e. The second-order valence-electron chi connectivity index (χ2n) is 7.59. The Morgan fingerprint density at radius 2 is 1.81 bits per heavy atom. The maximum absolute atomic E-state index is 9.24. The second kappa shape index (κ2) is 9.62. The van der Waals surface area contributed by atoms with E-state index in [9.17, 15) is 5.11 Å². The molecule has 6 heteroatoms. The highest BCUT2D eigenvalue weighted by atomic mass is 16.5. The second-order valence-corrected chi connectivity index (χ2v) is 7.59. The van der Waals surface area contributed by atoms with Gasteiger partial charge in [0.1, 0.15) is 12.4 Å². The molecule has 0 spiro atoms. The number of aliphatic hydroxyl groups excluding tert-OH is 1. The molecule has 2 N–H and O–H groups in total. The number of aryl methyl sites for hydroxylation is 3. The molecule has 2 aromatic carbocycles. The van der Waals surface area contributed by atoms with Crippen LogP contribution in [-0.4, -0.2) is 38.1 Å². The molecule has 0 radical (unpaired) electrons. The van der Waals surface area contributed by atoms with Crippen LogP contribution in [-0.2, 0) is 13.0 Å². The summed E-state index contributed by atoms with van der Waals surface area (Å²) in [6.45, 7) is 5.17. The van der Waals surface area contributed by atoms with E-state index in [1.165, 1.54) is 5.56 Å². The minimum atomic E-state index is -0.0253. The Morgan fingerprint density at radius 1 is 1.03 bits per heavy atom. The van der Waals surface area contributed by atoms with Gasteiger partial charge in [-0.05, 0) is 44.4 Å². The number of hydrogen-bond donors (Lipinski definition) is 2. The van der Waals surface area contributed by atoms with Crippen molar-refractivity contribution in [3.63, 3.8) is 0 Å². The van der Waals surface area contributed by atoms with Gasteiger partial charge in [0.05, 0.1) is 30.0 Å². The van der Waals surface area contributed by atoms with Gasteiger partial charge in [0.15, 0.2) is 0 Å². The number of imidazole rings is 1. The first-order chi connectivity index (χ1) is 15.2. The molecule has 6 nitrogen and oxygen atoms in total. The van der Waals surface area contributed by atoms with Gasteiger partial charge in [-0.1, -0.05) is 42.5 Å².